The van der Waals surface area contributed by atoms with Gasteiger partial charge in [0.05, 0.1) is 4.90 Å². The second-order valence-corrected chi connectivity index (χ2v) is 9.55. The molecule has 1 heterocycles. The summed E-state index contributed by atoms with van der Waals surface area (Å²) in [5, 5.41) is 0. The Morgan fingerprint density at radius 1 is 0.840 bits per heavy atom. The lowest BCUT2D eigenvalue weighted by Gasteiger charge is -2.07. The van der Waals surface area contributed by atoms with E-state index in [4.69, 9.17) is 0 Å². The number of hydrogen-bond acceptors (Lipinski definition) is 4. The van der Waals surface area contributed by atoms with E-state index in [0.717, 1.165) is 14.6 Å². The molecule has 0 saturated heterocycles. The van der Waals surface area contributed by atoms with Gasteiger partial charge in [-0.25, -0.2) is 20.8 Å². The molecule has 0 atom stereocenters. The summed E-state index contributed by atoms with van der Waals surface area (Å²) in [5.74, 6) is 0. The maximum atomic E-state index is 12.5. The van der Waals surface area contributed by atoms with Crippen molar-refractivity contribution in [2.75, 3.05) is 4.72 Å². The van der Waals surface area contributed by atoms with Crippen LogP contribution in [0.4, 0.5) is 5.69 Å². The van der Waals surface area contributed by atoms with Gasteiger partial charge in [0.1, 0.15) is 4.90 Å². The molecule has 0 aliphatic rings. The predicted molar refractivity (Wildman–Crippen MR) is 98.4 cm³/mol. The van der Waals surface area contributed by atoms with Crippen LogP contribution in [-0.4, -0.2) is 20.8 Å². The van der Waals surface area contributed by atoms with E-state index in [2.05, 4.69) is 20.7 Å². The van der Waals surface area contributed by atoms with Crippen LogP contribution in [0.3, 0.4) is 0 Å². The maximum absolute atomic E-state index is 12.5. The molecule has 130 valence electrons. The van der Waals surface area contributed by atoms with Crippen LogP contribution in [0, 0.1) is 0 Å². The zero-order chi connectivity index (χ0) is 18.1. The smallest absolute Gasteiger partial charge is 0.267 e. The number of anilines is 1. The fourth-order valence-corrected chi connectivity index (χ4v) is 4.88. The number of sulfonamides is 1. The molecule has 0 aliphatic carbocycles. The number of benzene rings is 2. The van der Waals surface area contributed by atoms with Gasteiger partial charge >= 0.3 is 0 Å². The normalized spacial score (nSPS) is 12.0. The molecule has 9 heteroatoms. The average Bonchev–Trinajstić information content (AvgIpc) is 3.07. The lowest BCUT2D eigenvalue weighted by molar-refractivity contribution is 0.587. The van der Waals surface area contributed by atoms with E-state index in [0.29, 0.717) is 5.69 Å². The van der Waals surface area contributed by atoms with Gasteiger partial charge in [-0.3, -0.25) is 4.72 Å². The topological polar surface area (TPSA) is 85.2 Å². The number of rotatable bonds is 5. The molecule has 0 bridgehead atoms. The van der Waals surface area contributed by atoms with Crippen LogP contribution < -0.4 is 4.72 Å². The summed E-state index contributed by atoms with van der Waals surface area (Å²) in [6.45, 7) is 0. The average molecular weight is 441 g/mol. The molecule has 2 aromatic carbocycles. The fraction of sp³-hybridized carbons (Fsp3) is 0. The molecular weight excluding hydrogens is 428 g/mol. The summed E-state index contributed by atoms with van der Waals surface area (Å²) in [7, 11) is -7.75. The lowest BCUT2D eigenvalue weighted by atomic mass is 10.3. The summed E-state index contributed by atoms with van der Waals surface area (Å²) in [4.78, 5) is -0.0681. The third-order valence-electron chi connectivity index (χ3n) is 3.35. The zero-order valence-corrected chi connectivity index (χ0v) is 15.9. The molecule has 1 N–H and O–H groups in total. The summed E-state index contributed by atoms with van der Waals surface area (Å²) in [6, 6.07) is 15.7. The van der Waals surface area contributed by atoms with Crippen LogP contribution in [0.25, 0.3) is 0 Å². The molecule has 0 spiro atoms. The molecule has 0 saturated carbocycles. The van der Waals surface area contributed by atoms with Crippen molar-refractivity contribution in [3.05, 3.63) is 77.5 Å². The van der Waals surface area contributed by atoms with Crippen LogP contribution in [0.1, 0.15) is 0 Å². The number of aromatic nitrogens is 1. The van der Waals surface area contributed by atoms with Gasteiger partial charge in [0.15, 0.2) is 0 Å². The van der Waals surface area contributed by atoms with E-state index in [1.165, 1.54) is 24.4 Å². The van der Waals surface area contributed by atoms with E-state index in [-0.39, 0.29) is 9.79 Å². The third-order valence-corrected chi connectivity index (χ3v) is 6.86. The van der Waals surface area contributed by atoms with Crippen LogP contribution in [-0.2, 0) is 20.0 Å². The van der Waals surface area contributed by atoms with Crippen molar-refractivity contribution < 1.29 is 16.8 Å². The van der Waals surface area contributed by atoms with E-state index in [9.17, 15) is 16.8 Å². The summed E-state index contributed by atoms with van der Waals surface area (Å²) >= 11 is 3.26. The van der Waals surface area contributed by atoms with E-state index < -0.39 is 20.0 Å². The molecular formula is C16H13BrN2O4S2. The number of nitrogens with zero attached hydrogens (tertiary/aromatic N) is 1. The monoisotopic (exact) mass is 440 g/mol. The quantitative estimate of drug-likeness (QED) is 0.659. The minimum Gasteiger partial charge on any atom is -0.280 e. The Kier molecular flexibility index (Phi) is 4.72. The molecule has 25 heavy (non-hydrogen) atoms. The van der Waals surface area contributed by atoms with Crippen LogP contribution in [0.15, 0.2) is 87.3 Å². The summed E-state index contributed by atoms with van der Waals surface area (Å²) in [5.41, 5.74) is 0.369. The van der Waals surface area contributed by atoms with Crippen molar-refractivity contribution in [3.8, 4) is 0 Å². The fourth-order valence-electron chi connectivity index (χ4n) is 2.15. The van der Waals surface area contributed by atoms with Crippen LogP contribution in [0.2, 0.25) is 0 Å². The molecule has 3 rings (SSSR count). The lowest BCUT2D eigenvalue weighted by Crippen LogP contribution is -2.14. The largest absolute Gasteiger partial charge is 0.280 e. The molecule has 3 aromatic rings. The highest BCUT2D eigenvalue weighted by molar-refractivity contribution is 9.10. The Labute approximate surface area is 154 Å². The van der Waals surface area contributed by atoms with Gasteiger partial charge in [-0.15, -0.1) is 0 Å². The molecule has 0 fully saturated rings. The molecule has 6 nitrogen and oxygen atoms in total. The first-order valence-corrected chi connectivity index (χ1v) is 10.8. The second-order valence-electron chi connectivity index (χ2n) is 5.11. The van der Waals surface area contributed by atoms with Gasteiger partial charge in [0.25, 0.3) is 20.0 Å². The van der Waals surface area contributed by atoms with Gasteiger partial charge in [-0.1, -0.05) is 40.2 Å². The van der Waals surface area contributed by atoms with Gasteiger partial charge in [0, 0.05) is 22.6 Å². The molecule has 0 aliphatic heterocycles. The minimum absolute atomic E-state index is 0.0782. The molecule has 0 unspecified atom stereocenters. The SMILES string of the molecule is O=S(=O)(Nc1cccc(Br)c1)c1ccn(S(=O)(=O)c2ccccc2)c1. The summed E-state index contributed by atoms with van der Waals surface area (Å²) in [6.07, 6.45) is 2.28. The second kappa shape index (κ2) is 6.66. The maximum Gasteiger partial charge on any atom is 0.267 e. The highest BCUT2D eigenvalue weighted by Crippen LogP contribution is 2.21. The number of hydrogen-bond donors (Lipinski definition) is 1. The van der Waals surface area contributed by atoms with Gasteiger partial charge in [-0.05, 0) is 36.4 Å². The molecule has 0 amide bonds. The van der Waals surface area contributed by atoms with Crippen molar-refractivity contribution in [1.82, 2.24) is 3.97 Å². The first-order valence-electron chi connectivity index (χ1n) is 7.06. The number of nitrogens with one attached hydrogen (secondary N) is 1. The number of halogens is 1. The minimum atomic E-state index is -3.91. The van der Waals surface area contributed by atoms with Crippen molar-refractivity contribution in [2.45, 2.75) is 9.79 Å². The van der Waals surface area contributed by atoms with Gasteiger partial charge in [0.2, 0.25) is 0 Å². The van der Waals surface area contributed by atoms with E-state index >= 15 is 0 Å². The van der Waals surface area contributed by atoms with Crippen molar-refractivity contribution >= 4 is 41.7 Å². The third kappa shape index (κ3) is 3.78. The van der Waals surface area contributed by atoms with Crippen molar-refractivity contribution in [3.63, 3.8) is 0 Å². The highest BCUT2D eigenvalue weighted by Gasteiger charge is 2.21. The summed E-state index contributed by atoms with van der Waals surface area (Å²) < 4.78 is 54.0. The van der Waals surface area contributed by atoms with Crippen LogP contribution in [0.5, 0.6) is 0 Å². The Morgan fingerprint density at radius 2 is 1.56 bits per heavy atom. The highest BCUT2D eigenvalue weighted by atomic mass is 79.9. The van der Waals surface area contributed by atoms with Crippen LogP contribution >= 0.6 is 15.9 Å². The first-order chi connectivity index (χ1) is 11.8. The van der Waals surface area contributed by atoms with E-state index in [1.807, 2.05) is 0 Å². The first kappa shape index (κ1) is 17.7. The Balaban J connectivity index is 1.93. The zero-order valence-electron chi connectivity index (χ0n) is 12.7. The molecule has 0 radical (unpaired) electrons. The van der Waals surface area contributed by atoms with E-state index in [1.54, 1.807) is 42.5 Å². The Hall–Kier alpha value is -2.10. The Morgan fingerprint density at radius 3 is 2.24 bits per heavy atom. The van der Waals surface area contributed by atoms with Gasteiger partial charge in [-0.2, -0.15) is 0 Å². The predicted octanol–water partition coefficient (Wildman–Crippen LogP) is 3.29. The molecule has 1 aromatic heterocycles. The Bertz CT molecular complexity index is 1110. The van der Waals surface area contributed by atoms with Crippen molar-refractivity contribution in [2.24, 2.45) is 0 Å². The van der Waals surface area contributed by atoms with Gasteiger partial charge < -0.3 is 0 Å². The standard InChI is InChI=1S/C16H13BrN2O4S2/c17-13-5-4-6-14(11-13)18-24(20,21)16-9-10-19(12-16)25(22,23)15-7-2-1-3-8-15/h1-12,18H. The van der Waals surface area contributed by atoms with Crippen molar-refractivity contribution in [1.29, 1.82) is 0 Å².